The number of hydrogen-bond acceptors (Lipinski definition) is 5. The molecule has 1 fully saturated rings. The number of halogens is 3. The van der Waals surface area contributed by atoms with Crippen LogP contribution in [0.4, 0.5) is 13.2 Å². The van der Waals surface area contributed by atoms with Gasteiger partial charge in [0.05, 0.1) is 18.8 Å². The monoisotopic (exact) mass is 385 g/mol. The summed E-state index contributed by atoms with van der Waals surface area (Å²) in [6.07, 6.45) is 0.0859. The summed E-state index contributed by atoms with van der Waals surface area (Å²) in [7, 11) is 0. The predicted octanol–water partition coefficient (Wildman–Crippen LogP) is 3.31. The van der Waals surface area contributed by atoms with Gasteiger partial charge in [0.25, 0.3) is 5.91 Å². The van der Waals surface area contributed by atoms with Crippen LogP contribution in [-0.4, -0.2) is 42.5 Å². The maximum atomic E-state index is 13.0. The Balaban J connectivity index is 1.62. The van der Waals surface area contributed by atoms with E-state index in [2.05, 4.69) is 15.5 Å². The first-order valence-corrected chi connectivity index (χ1v) is 8.96. The van der Waals surface area contributed by atoms with Crippen molar-refractivity contribution in [3.8, 4) is 0 Å². The van der Waals surface area contributed by atoms with E-state index in [0.29, 0.717) is 6.54 Å². The van der Waals surface area contributed by atoms with E-state index in [0.717, 1.165) is 32.1 Å². The smallest absolute Gasteiger partial charge is 0.394 e. The summed E-state index contributed by atoms with van der Waals surface area (Å²) in [5.41, 5.74) is -2.83. The van der Waals surface area contributed by atoms with Crippen LogP contribution in [0.3, 0.4) is 0 Å². The van der Waals surface area contributed by atoms with Gasteiger partial charge in [0.15, 0.2) is 0 Å². The molecule has 6 nitrogen and oxygen atoms in total. The number of ether oxygens (including phenoxy) is 1. The van der Waals surface area contributed by atoms with Crippen LogP contribution >= 0.6 is 0 Å². The molecule has 1 aliphatic carbocycles. The molecule has 27 heavy (non-hydrogen) atoms. The van der Waals surface area contributed by atoms with Gasteiger partial charge in [-0.3, -0.25) is 4.79 Å². The van der Waals surface area contributed by atoms with Gasteiger partial charge in [-0.1, -0.05) is 31.4 Å². The number of aliphatic hydroxyl groups is 1. The van der Waals surface area contributed by atoms with Crippen molar-refractivity contribution in [3.63, 3.8) is 0 Å². The number of carbonyl (C=O) groups excluding carboxylic acids is 1. The van der Waals surface area contributed by atoms with E-state index in [9.17, 15) is 18.0 Å². The largest absolute Gasteiger partial charge is 0.442 e. The summed E-state index contributed by atoms with van der Waals surface area (Å²) in [6.45, 7) is 0.413. The van der Waals surface area contributed by atoms with Gasteiger partial charge in [0, 0.05) is 17.7 Å². The molecule has 0 saturated heterocycles. The molecule has 0 aromatic heterocycles. The van der Waals surface area contributed by atoms with Crippen LogP contribution in [0.1, 0.15) is 48.0 Å². The number of rotatable bonds is 7. The molecule has 0 unspecified atom stereocenters. The molecular weight excluding hydrogens is 363 g/mol. The second kappa shape index (κ2) is 7.55. The van der Waals surface area contributed by atoms with Crippen molar-refractivity contribution >= 4 is 5.91 Å². The predicted molar refractivity (Wildman–Crippen MR) is 90.2 cm³/mol. The maximum absolute atomic E-state index is 13.0. The molecule has 0 spiro atoms. The number of hydrogen-bond donors (Lipinski definition) is 2. The summed E-state index contributed by atoms with van der Waals surface area (Å²) in [5, 5.41) is 18.1. The number of carbonyl (C=O) groups is 1. The average Bonchev–Trinajstić information content (AvgIpc) is 3.48. The van der Waals surface area contributed by atoms with E-state index in [1.54, 1.807) is 0 Å². The van der Waals surface area contributed by atoms with Crippen LogP contribution in [0.25, 0.3) is 0 Å². The number of benzene rings is 1. The third-order valence-corrected chi connectivity index (χ3v) is 5.08. The van der Waals surface area contributed by atoms with Crippen LogP contribution in [0.2, 0.25) is 0 Å². The van der Waals surface area contributed by atoms with Crippen molar-refractivity contribution in [2.45, 2.75) is 49.5 Å². The van der Waals surface area contributed by atoms with Crippen molar-refractivity contribution in [2.24, 2.45) is 10.2 Å². The summed E-state index contributed by atoms with van der Waals surface area (Å²) in [6, 6.07) is 5.12. The van der Waals surface area contributed by atoms with Gasteiger partial charge in [0.2, 0.25) is 0 Å². The lowest BCUT2D eigenvalue weighted by Gasteiger charge is -2.37. The summed E-state index contributed by atoms with van der Waals surface area (Å²) >= 11 is 0. The first kappa shape index (κ1) is 19.8. The van der Waals surface area contributed by atoms with Crippen molar-refractivity contribution in [3.05, 3.63) is 35.4 Å². The minimum Gasteiger partial charge on any atom is -0.394 e. The van der Waals surface area contributed by atoms with Crippen molar-refractivity contribution in [1.82, 2.24) is 5.32 Å². The van der Waals surface area contributed by atoms with Crippen LogP contribution in [0, 0.1) is 0 Å². The standard InChI is InChI=1S/C18H22F3N3O3/c19-18(20,21)17(23-24-17)14-6-4-13(5-7-14)15(26)22-12-16(27-11-10-25)8-2-1-3-9-16/h4-7,25H,1-3,8-12H2,(H,22,26). The van der Waals surface area contributed by atoms with E-state index in [1.165, 1.54) is 24.3 Å². The first-order valence-electron chi connectivity index (χ1n) is 8.96. The molecule has 0 radical (unpaired) electrons. The highest BCUT2D eigenvalue weighted by molar-refractivity contribution is 5.94. The zero-order valence-electron chi connectivity index (χ0n) is 14.8. The Morgan fingerprint density at radius 3 is 2.30 bits per heavy atom. The van der Waals surface area contributed by atoms with Gasteiger partial charge in [0.1, 0.15) is 0 Å². The number of aliphatic hydroxyl groups excluding tert-OH is 1. The zero-order chi connectivity index (χ0) is 19.5. The zero-order valence-corrected chi connectivity index (χ0v) is 14.8. The fourth-order valence-corrected chi connectivity index (χ4v) is 3.47. The van der Waals surface area contributed by atoms with Crippen LogP contribution in [0.15, 0.2) is 34.5 Å². The molecule has 0 atom stereocenters. The van der Waals surface area contributed by atoms with E-state index in [-0.39, 0.29) is 30.2 Å². The SMILES string of the molecule is O=C(NCC1(OCCO)CCCCC1)c1ccc(C2(C(F)(F)F)N=N2)cc1. The third-order valence-electron chi connectivity index (χ3n) is 5.08. The second-order valence-electron chi connectivity index (χ2n) is 6.95. The van der Waals surface area contributed by atoms with E-state index >= 15 is 0 Å². The number of amides is 1. The Morgan fingerprint density at radius 1 is 1.15 bits per heavy atom. The average molecular weight is 385 g/mol. The van der Waals surface area contributed by atoms with Gasteiger partial charge < -0.3 is 15.2 Å². The minimum absolute atomic E-state index is 0.0891. The summed E-state index contributed by atoms with van der Waals surface area (Å²) in [5.74, 6) is -0.384. The number of nitrogens with zero attached hydrogens (tertiary/aromatic N) is 2. The maximum Gasteiger partial charge on any atom is 0.442 e. The van der Waals surface area contributed by atoms with Crippen LogP contribution in [-0.2, 0) is 10.4 Å². The normalized spacial score (nSPS) is 20.3. The van der Waals surface area contributed by atoms with Gasteiger partial charge >= 0.3 is 11.8 Å². The van der Waals surface area contributed by atoms with Crippen LogP contribution in [0.5, 0.6) is 0 Å². The van der Waals surface area contributed by atoms with E-state index in [1.807, 2.05) is 0 Å². The topological polar surface area (TPSA) is 83.3 Å². The Morgan fingerprint density at radius 2 is 1.78 bits per heavy atom. The highest BCUT2D eigenvalue weighted by atomic mass is 19.4. The lowest BCUT2D eigenvalue weighted by Crippen LogP contribution is -2.47. The highest BCUT2D eigenvalue weighted by Crippen LogP contribution is 2.52. The molecule has 9 heteroatoms. The minimum atomic E-state index is -4.59. The quantitative estimate of drug-likeness (QED) is 0.755. The molecule has 1 amide bonds. The van der Waals surface area contributed by atoms with E-state index < -0.39 is 17.4 Å². The van der Waals surface area contributed by atoms with Gasteiger partial charge in [-0.25, -0.2) is 0 Å². The molecule has 3 rings (SSSR count). The van der Waals surface area contributed by atoms with Crippen molar-refractivity contribution in [2.75, 3.05) is 19.8 Å². The molecule has 1 aromatic carbocycles. The summed E-state index contributed by atoms with van der Waals surface area (Å²) < 4.78 is 44.8. The molecular formula is C18H22F3N3O3. The number of nitrogens with one attached hydrogen (secondary N) is 1. The number of alkyl halides is 3. The molecule has 148 valence electrons. The Hall–Kier alpha value is -2.00. The lowest BCUT2D eigenvalue weighted by molar-refractivity contribution is -0.166. The molecule has 1 aromatic rings. The fraction of sp³-hybridized carbons (Fsp3) is 0.611. The molecule has 1 heterocycles. The third kappa shape index (κ3) is 4.14. The first-order chi connectivity index (χ1) is 12.8. The van der Waals surface area contributed by atoms with Gasteiger partial charge in [-0.15, -0.1) is 10.2 Å². The summed E-state index contributed by atoms with van der Waals surface area (Å²) in [4.78, 5) is 12.4. The van der Waals surface area contributed by atoms with Crippen LogP contribution < -0.4 is 5.32 Å². The molecule has 2 aliphatic rings. The molecule has 1 aliphatic heterocycles. The molecule has 0 bridgehead atoms. The Labute approximate surface area is 154 Å². The Bertz CT molecular complexity index is 692. The lowest BCUT2D eigenvalue weighted by atomic mass is 9.84. The van der Waals surface area contributed by atoms with Gasteiger partial charge in [-0.05, 0) is 25.0 Å². The van der Waals surface area contributed by atoms with E-state index in [4.69, 9.17) is 9.84 Å². The second-order valence-corrected chi connectivity index (χ2v) is 6.95. The van der Waals surface area contributed by atoms with Gasteiger partial charge in [-0.2, -0.15) is 13.2 Å². The molecule has 2 N–H and O–H groups in total. The van der Waals surface area contributed by atoms with Crippen molar-refractivity contribution in [1.29, 1.82) is 0 Å². The highest BCUT2D eigenvalue weighted by Gasteiger charge is 2.65. The fourth-order valence-electron chi connectivity index (χ4n) is 3.47. The van der Waals surface area contributed by atoms with Crippen molar-refractivity contribution < 1.29 is 27.8 Å². The molecule has 1 saturated carbocycles. The Kier molecular flexibility index (Phi) is 5.53.